The third-order valence-electron chi connectivity index (χ3n) is 7.96. The van der Waals surface area contributed by atoms with Crippen LogP contribution in [-0.4, -0.2) is 58.8 Å². The lowest BCUT2D eigenvalue weighted by atomic mass is 9.81. The highest BCUT2D eigenvalue weighted by atomic mass is 16.6. The lowest BCUT2D eigenvalue weighted by Gasteiger charge is -2.41. The van der Waals surface area contributed by atoms with E-state index in [1.807, 2.05) is 65.0 Å². The largest absolute Gasteiger partial charge is 0.479 e. The standard InChI is InChI=1S/C33H45N3O5/c1-22-26(25-13-17-36(18-14-25)31(39)40-21-24-11-9-8-10-12-24)28(35-19-15-33(6,7)16-20-35)27(23(2)34-22)29(30(37)38)41-32(3,4)5/h8-13,29H,14-21H2,1-7H3,(H,37,38)/t29-/m0/s1. The summed E-state index contributed by atoms with van der Waals surface area (Å²) in [6, 6.07) is 9.65. The Hall–Kier alpha value is -3.39. The van der Waals surface area contributed by atoms with Crippen molar-refractivity contribution in [3.8, 4) is 0 Å². The summed E-state index contributed by atoms with van der Waals surface area (Å²) in [6.45, 7) is 16.9. The average molecular weight is 564 g/mol. The molecule has 0 aliphatic carbocycles. The van der Waals surface area contributed by atoms with E-state index in [1.165, 1.54) is 0 Å². The fourth-order valence-electron chi connectivity index (χ4n) is 5.67. The van der Waals surface area contributed by atoms with Crippen LogP contribution in [-0.2, 0) is 20.9 Å². The molecule has 0 spiro atoms. The van der Waals surface area contributed by atoms with E-state index < -0.39 is 17.7 Å². The average Bonchev–Trinajstić information content (AvgIpc) is 2.90. The van der Waals surface area contributed by atoms with Crippen LogP contribution in [0, 0.1) is 19.3 Å². The molecule has 1 aromatic heterocycles. The van der Waals surface area contributed by atoms with Crippen LogP contribution in [0.4, 0.5) is 10.5 Å². The van der Waals surface area contributed by atoms with Crippen LogP contribution in [0.5, 0.6) is 0 Å². The first-order chi connectivity index (χ1) is 19.3. The summed E-state index contributed by atoms with van der Waals surface area (Å²) in [5, 5.41) is 10.4. The Morgan fingerprint density at radius 2 is 1.71 bits per heavy atom. The number of piperidine rings is 1. The molecule has 0 bridgehead atoms. The van der Waals surface area contributed by atoms with Gasteiger partial charge in [0.2, 0.25) is 0 Å². The zero-order valence-corrected chi connectivity index (χ0v) is 25.6. The molecule has 2 aliphatic rings. The maximum Gasteiger partial charge on any atom is 0.410 e. The summed E-state index contributed by atoms with van der Waals surface area (Å²) >= 11 is 0. The normalized spacial score (nSPS) is 18.1. The summed E-state index contributed by atoms with van der Waals surface area (Å²) < 4.78 is 11.7. The third-order valence-corrected chi connectivity index (χ3v) is 7.96. The molecule has 8 heteroatoms. The van der Waals surface area contributed by atoms with Gasteiger partial charge in [0, 0.05) is 48.7 Å². The van der Waals surface area contributed by atoms with E-state index in [4.69, 9.17) is 14.5 Å². The van der Waals surface area contributed by atoms with E-state index in [0.717, 1.165) is 54.0 Å². The third kappa shape index (κ3) is 7.47. The van der Waals surface area contributed by atoms with Gasteiger partial charge < -0.3 is 24.4 Å². The number of pyridine rings is 1. The fourth-order valence-corrected chi connectivity index (χ4v) is 5.67. The van der Waals surface area contributed by atoms with Crippen LogP contribution >= 0.6 is 0 Å². The number of nitrogens with zero attached hydrogens (tertiary/aromatic N) is 3. The van der Waals surface area contributed by atoms with Gasteiger partial charge in [0.15, 0.2) is 6.10 Å². The molecule has 8 nitrogen and oxygen atoms in total. The van der Waals surface area contributed by atoms with Crippen molar-refractivity contribution in [3.63, 3.8) is 0 Å². The van der Waals surface area contributed by atoms with Gasteiger partial charge >= 0.3 is 12.1 Å². The number of aliphatic carboxylic acids is 1. The summed E-state index contributed by atoms with van der Waals surface area (Å²) in [6.07, 6.45) is 3.20. The zero-order valence-electron chi connectivity index (χ0n) is 25.6. The van der Waals surface area contributed by atoms with E-state index >= 15 is 0 Å². The molecule has 1 saturated heterocycles. The van der Waals surface area contributed by atoms with Crippen LogP contribution in [0.3, 0.4) is 0 Å². The van der Waals surface area contributed by atoms with Gasteiger partial charge in [-0.1, -0.05) is 50.3 Å². The van der Waals surface area contributed by atoms with Crippen molar-refractivity contribution < 1.29 is 24.2 Å². The van der Waals surface area contributed by atoms with Crippen molar-refractivity contribution in [2.45, 2.75) is 86.0 Å². The van der Waals surface area contributed by atoms with Gasteiger partial charge in [0.25, 0.3) is 0 Å². The lowest BCUT2D eigenvalue weighted by molar-refractivity contribution is -0.160. The fraction of sp³-hybridized carbons (Fsp3) is 0.545. The number of carbonyl (C=O) groups is 2. The summed E-state index contributed by atoms with van der Waals surface area (Å²) in [5.41, 5.74) is 5.62. The van der Waals surface area contributed by atoms with Gasteiger partial charge in [-0.15, -0.1) is 0 Å². The molecule has 2 aliphatic heterocycles. The number of rotatable bonds is 7. The SMILES string of the molecule is Cc1nc(C)c([C@H](OC(C)(C)C)C(=O)O)c(N2CCC(C)(C)CC2)c1C1=CCN(C(=O)OCc2ccccc2)CC1. The van der Waals surface area contributed by atoms with Crippen molar-refractivity contribution in [2.75, 3.05) is 31.1 Å². The van der Waals surface area contributed by atoms with Gasteiger partial charge in [0.1, 0.15) is 6.61 Å². The molecule has 0 radical (unpaired) electrons. The van der Waals surface area contributed by atoms with Crippen LogP contribution in [0.1, 0.15) is 88.1 Å². The molecule has 0 saturated carbocycles. The summed E-state index contributed by atoms with van der Waals surface area (Å²) in [7, 11) is 0. The zero-order chi connectivity index (χ0) is 29.9. The van der Waals surface area contributed by atoms with Crippen molar-refractivity contribution in [3.05, 3.63) is 64.5 Å². The maximum atomic E-state index is 12.8. The molecule has 222 valence electrons. The minimum atomic E-state index is -1.15. The first-order valence-corrected chi connectivity index (χ1v) is 14.6. The van der Waals surface area contributed by atoms with Crippen molar-refractivity contribution in [1.82, 2.24) is 9.88 Å². The number of carboxylic acid groups (broad SMARTS) is 1. The number of amides is 1. The predicted molar refractivity (Wildman–Crippen MR) is 161 cm³/mol. The number of hydrogen-bond acceptors (Lipinski definition) is 6. The molecule has 4 rings (SSSR count). The molecule has 1 amide bonds. The highest BCUT2D eigenvalue weighted by Gasteiger charge is 2.37. The maximum absolute atomic E-state index is 12.8. The van der Waals surface area contributed by atoms with Crippen molar-refractivity contribution >= 4 is 23.3 Å². The Labute approximate surface area is 244 Å². The topological polar surface area (TPSA) is 92.2 Å². The second-order valence-corrected chi connectivity index (χ2v) is 13.0. The Morgan fingerprint density at radius 3 is 2.27 bits per heavy atom. The van der Waals surface area contributed by atoms with Crippen LogP contribution < -0.4 is 4.90 Å². The predicted octanol–water partition coefficient (Wildman–Crippen LogP) is 6.69. The van der Waals surface area contributed by atoms with Gasteiger partial charge in [-0.3, -0.25) is 4.98 Å². The quantitative estimate of drug-likeness (QED) is 0.401. The molecular weight excluding hydrogens is 518 g/mol. The van der Waals surface area contributed by atoms with E-state index in [2.05, 4.69) is 24.8 Å². The number of anilines is 1. The molecular formula is C33H45N3O5. The monoisotopic (exact) mass is 563 g/mol. The number of aromatic nitrogens is 1. The molecule has 2 aromatic rings. The van der Waals surface area contributed by atoms with Crippen LogP contribution in [0.25, 0.3) is 5.57 Å². The van der Waals surface area contributed by atoms with Gasteiger partial charge in [-0.25, -0.2) is 9.59 Å². The molecule has 1 aromatic carbocycles. The van der Waals surface area contributed by atoms with Crippen LogP contribution in [0.2, 0.25) is 0 Å². The molecule has 1 fully saturated rings. The molecule has 1 N–H and O–H groups in total. The van der Waals surface area contributed by atoms with Gasteiger partial charge in [-0.05, 0) is 70.4 Å². The molecule has 1 atom stereocenters. The molecule has 0 unspecified atom stereocenters. The van der Waals surface area contributed by atoms with E-state index in [0.29, 0.717) is 30.8 Å². The molecule has 41 heavy (non-hydrogen) atoms. The number of carboxylic acids is 1. The number of ether oxygens (including phenoxy) is 2. The highest BCUT2D eigenvalue weighted by molar-refractivity contribution is 5.86. The minimum absolute atomic E-state index is 0.229. The second-order valence-electron chi connectivity index (χ2n) is 13.0. The van der Waals surface area contributed by atoms with Crippen molar-refractivity contribution in [1.29, 1.82) is 0 Å². The van der Waals surface area contributed by atoms with E-state index in [1.54, 1.807) is 4.90 Å². The Bertz CT molecular complexity index is 1290. The number of benzene rings is 1. The number of carbonyl (C=O) groups excluding carboxylic acids is 1. The molecule has 3 heterocycles. The minimum Gasteiger partial charge on any atom is -0.479 e. The van der Waals surface area contributed by atoms with Crippen molar-refractivity contribution in [2.24, 2.45) is 5.41 Å². The Kier molecular flexibility index (Phi) is 9.12. The highest BCUT2D eigenvalue weighted by Crippen LogP contribution is 2.44. The Morgan fingerprint density at radius 1 is 1.05 bits per heavy atom. The smallest absolute Gasteiger partial charge is 0.410 e. The van der Waals surface area contributed by atoms with Crippen LogP contribution in [0.15, 0.2) is 36.4 Å². The number of aryl methyl sites for hydroxylation is 2. The first-order valence-electron chi connectivity index (χ1n) is 14.6. The van der Waals surface area contributed by atoms with Gasteiger partial charge in [-0.2, -0.15) is 0 Å². The second kappa shape index (κ2) is 12.2. The van der Waals surface area contributed by atoms with E-state index in [9.17, 15) is 14.7 Å². The number of hydrogen-bond donors (Lipinski definition) is 1. The first kappa shape index (κ1) is 30.6. The summed E-state index contributed by atoms with van der Waals surface area (Å²) in [4.78, 5) is 34.4. The van der Waals surface area contributed by atoms with Gasteiger partial charge in [0.05, 0.1) is 11.3 Å². The Balaban J connectivity index is 1.70. The lowest BCUT2D eigenvalue weighted by Crippen LogP contribution is -2.40. The van der Waals surface area contributed by atoms with E-state index in [-0.39, 0.29) is 18.1 Å². The summed E-state index contributed by atoms with van der Waals surface area (Å²) in [5.74, 6) is -1.02.